The van der Waals surface area contributed by atoms with Crippen molar-refractivity contribution in [1.29, 1.82) is 0 Å². The molecule has 0 spiro atoms. The van der Waals surface area contributed by atoms with E-state index in [0.717, 1.165) is 16.7 Å². The summed E-state index contributed by atoms with van der Waals surface area (Å²) in [6.45, 7) is 5.35. The molecule has 0 bridgehead atoms. The molecule has 0 amide bonds. The van der Waals surface area contributed by atoms with Crippen LogP contribution in [0.2, 0.25) is 0 Å². The average Bonchev–Trinajstić information content (AvgIpc) is 2.80. The minimum absolute atomic E-state index is 0.0198. The van der Waals surface area contributed by atoms with Crippen LogP contribution in [-0.4, -0.2) is 28.1 Å². The number of benzene rings is 3. The molecule has 1 aromatic heterocycles. The van der Waals surface area contributed by atoms with E-state index in [1.807, 2.05) is 39.0 Å². The molecule has 6 nitrogen and oxygen atoms in total. The summed E-state index contributed by atoms with van der Waals surface area (Å²) in [7, 11) is 0. The lowest BCUT2D eigenvalue weighted by Crippen LogP contribution is -2.26. The van der Waals surface area contributed by atoms with E-state index in [9.17, 15) is 14.4 Å². The summed E-state index contributed by atoms with van der Waals surface area (Å²) in [5, 5.41) is 5.00. The Bertz CT molecular complexity index is 1410. The first kappa shape index (κ1) is 21.2. The largest absolute Gasteiger partial charge is 0.452 e. The Hall–Kier alpha value is -4.06. The van der Waals surface area contributed by atoms with Crippen LogP contribution >= 0.6 is 0 Å². The molecular formula is C26H22N2O4. The van der Waals surface area contributed by atoms with Gasteiger partial charge in [-0.1, -0.05) is 42.5 Å². The number of carbonyl (C=O) groups is 2. The van der Waals surface area contributed by atoms with Crippen molar-refractivity contribution < 1.29 is 14.3 Å². The molecule has 0 aliphatic heterocycles. The van der Waals surface area contributed by atoms with Crippen molar-refractivity contribution in [3.8, 4) is 5.69 Å². The lowest BCUT2D eigenvalue weighted by molar-refractivity contribution is 0.0469. The fourth-order valence-corrected chi connectivity index (χ4v) is 3.62. The maximum Gasteiger partial charge on any atom is 0.359 e. The fraction of sp³-hybridized carbons (Fsp3) is 0.154. The Labute approximate surface area is 185 Å². The van der Waals surface area contributed by atoms with Gasteiger partial charge in [0.25, 0.3) is 5.56 Å². The molecule has 32 heavy (non-hydrogen) atoms. The first-order valence-electron chi connectivity index (χ1n) is 10.2. The first-order chi connectivity index (χ1) is 15.4. The molecule has 0 unspecified atom stereocenters. The topological polar surface area (TPSA) is 78.3 Å². The number of ether oxygens (including phenoxy) is 1. The van der Waals surface area contributed by atoms with Gasteiger partial charge in [0.1, 0.15) is 0 Å². The number of hydrogen-bond acceptors (Lipinski definition) is 5. The smallest absolute Gasteiger partial charge is 0.359 e. The number of para-hydroxylation sites is 1. The van der Waals surface area contributed by atoms with Crippen LogP contribution in [-0.2, 0) is 4.74 Å². The van der Waals surface area contributed by atoms with Crippen molar-refractivity contribution in [1.82, 2.24) is 9.78 Å². The molecular weight excluding hydrogens is 404 g/mol. The van der Waals surface area contributed by atoms with Crippen molar-refractivity contribution in [2.24, 2.45) is 0 Å². The lowest BCUT2D eigenvalue weighted by Gasteiger charge is -2.12. The highest BCUT2D eigenvalue weighted by Crippen LogP contribution is 2.18. The van der Waals surface area contributed by atoms with Crippen molar-refractivity contribution >= 4 is 22.5 Å². The molecule has 0 saturated carbocycles. The van der Waals surface area contributed by atoms with Crippen LogP contribution in [0.5, 0.6) is 0 Å². The number of hydrogen-bond donors (Lipinski definition) is 0. The van der Waals surface area contributed by atoms with E-state index >= 15 is 0 Å². The Kier molecular flexibility index (Phi) is 5.69. The van der Waals surface area contributed by atoms with Gasteiger partial charge >= 0.3 is 5.97 Å². The van der Waals surface area contributed by atoms with E-state index in [1.54, 1.807) is 48.5 Å². The van der Waals surface area contributed by atoms with Gasteiger partial charge in [0, 0.05) is 10.9 Å². The predicted molar refractivity (Wildman–Crippen MR) is 123 cm³/mol. The van der Waals surface area contributed by atoms with Crippen LogP contribution < -0.4 is 5.56 Å². The third-order valence-electron chi connectivity index (χ3n) is 5.47. The number of ketones is 1. The van der Waals surface area contributed by atoms with Crippen LogP contribution in [0.15, 0.2) is 71.5 Å². The van der Waals surface area contributed by atoms with Gasteiger partial charge in [-0.15, -0.1) is 0 Å². The zero-order valence-corrected chi connectivity index (χ0v) is 18.1. The molecule has 0 aliphatic carbocycles. The maximum atomic E-state index is 12.9. The summed E-state index contributed by atoms with van der Waals surface area (Å²) in [5.74, 6) is -1.06. The molecule has 0 radical (unpaired) electrons. The van der Waals surface area contributed by atoms with E-state index < -0.39 is 12.6 Å². The van der Waals surface area contributed by atoms with Crippen LogP contribution in [0.25, 0.3) is 16.5 Å². The summed E-state index contributed by atoms with van der Waals surface area (Å²) in [6.07, 6.45) is 0. The highest BCUT2D eigenvalue weighted by Gasteiger charge is 2.20. The van der Waals surface area contributed by atoms with Crippen molar-refractivity contribution in [2.45, 2.75) is 20.8 Å². The van der Waals surface area contributed by atoms with E-state index in [4.69, 9.17) is 4.74 Å². The van der Waals surface area contributed by atoms with Crippen LogP contribution in [0, 0.1) is 20.8 Å². The molecule has 3 aromatic carbocycles. The second kappa shape index (κ2) is 8.59. The Morgan fingerprint density at radius 3 is 2.19 bits per heavy atom. The van der Waals surface area contributed by atoms with Crippen LogP contribution in [0.4, 0.5) is 0 Å². The summed E-state index contributed by atoms with van der Waals surface area (Å²) < 4.78 is 6.52. The summed E-state index contributed by atoms with van der Waals surface area (Å²) in [6, 6.07) is 19.3. The lowest BCUT2D eigenvalue weighted by atomic mass is 9.98. The van der Waals surface area contributed by atoms with E-state index in [1.165, 1.54) is 4.68 Å². The Morgan fingerprint density at radius 1 is 0.844 bits per heavy atom. The molecule has 160 valence electrons. The molecule has 6 heteroatoms. The highest BCUT2D eigenvalue weighted by atomic mass is 16.5. The minimum Gasteiger partial charge on any atom is -0.452 e. The summed E-state index contributed by atoms with van der Waals surface area (Å²) in [4.78, 5) is 38.6. The van der Waals surface area contributed by atoms with Gasteiger partial charge < -0.3 is 4.74 Å². The minimum atomic E-state index is -0.763. The summed E-state index contributed by atoms with van der Waals surface area (Å²) in [5.41, 5.74) is 3.60. The zero-order valence-electron chi connectivity index (χ0n) is 18.1. The molecule has 4 aromatic rings. The van der Waals surface area contributed by atoms with Gasteiger partial charge in [-0.3, -0.25) is 9.59 Å². The zero-order chi connectivity index (χ0) is 22.8. The van der Waals surface area contributed by atoms with Gasteiger partial charge in [-0.25, -0.2) is 4.79 Å². The molecule has 1 heterocycles. The number of rotatable bonds is 5. The third kappa shape index (κ3) is 3.95. The van der Waals surface area contributed by atoms with Gasteiger partial charge in [0.05, 0.1) is 11.1 Å². The second-order valence-electron chi connectivity index (χ2n) is 7.70. The van der Waals surface area contributed by atoms with Crippen LogP contribution in [0.1, 0.15) is 37.5 Å². The van der Waals surface area contributed by atoms with Crippen molar-refractivity contribution in [2.75, 3.05) is 6.61 Å². The third-order valence-corrected chi connectivity index (χ3v) is 5.47. The number of esters is 1. The SMILES string of the molecule is Cc1cc(C)c(C(=O)COC(=O)c2nn(-c3ccccc3)c(=O)c3ccccc23)cc1C. The normalized spacial score (nSPS) is 10.8. The van der Waals surface area contributed by atoms with E-state index in [0.29, 0.717) is 22.0 Å². The molecule has 0 saturated heterocycles. The maximum absolute atomic E-state index is 12.9. The van der Waals surface area contributed by atoms with Gasteiger partial charge in [-0.05, 0) is 61.7 Å². The van der Waals surface area contributed by atoms with Gasteiger partial charge in [0.15, 0.2) is 12.3 Å². The van der Waals surface area contributed by atoms with Gasteiger partial charge in [-0.2, -0.15) is 9.78 Å². The standard InChI is InChI=1S/C26H22N2O4/c1-16-13-18(3)22(14-17(16)2)23(29)15-32-26(31)24-20-11-7-8-12-21(20)25(30)28(27-24)19-9-5-4-6-10-19/h4-14H,15H2,1-3H3. The Morgan fingerprint density at radius 2 is 1.47 bits per heavy atom. The number of nitrogens with zero attached hydrogens (tertiary/aromatic N) is 2. The molecule has 4 rings (SSSR count). The van der Waals surface area contributed by atoms with Gasteiger partial charge in [0.2, 0.25) is 5.78 Å². The monoisotopic (exact) mass is 426 g/mol. The van der Waals surface area contributed by atoms with E-state index in [-0.39, 0.29) is 17.0 Å². The van der Waals surface area contributed by atoms with E-state index in [2.05, 4.69) is 5.10 Å². The molecule has 0 atom stereocenters. The molecule has 0 N–H and O–H groups in total. The summed E-state index contributed by atoms with van der Waals surface area (Å²) >= 11 is 0. The number of fused-ring (bicyclic) bond motifs is 1. The fourth-order valence-electron chi connectivity index (χ4n) is 3.62. The number of aryl methyl sites for hydroxylation is 3. The molecule has 0 fully saturated rings. The average molecular weight is 426 g/mol. The second-order valence-corrected chi connectivity index (χ2v) is 7.70. The quantitative estimate of drug-likeness (QED) is 0.350. The van der Waals surface area contributed by atoms with Crippen molar-refractivity contribution in [3.05, 3.63) is 105 Å². The predicted octanol–water partition coefficient (Wildman–Crippen LogP) is 4.35. The molecule has 0 aliphatic rings. The van der Waals surface area contributed by atoms with Crippen LogP contribution in [0.3, 0.4) is 0 Å². The van der Waals surface area contributed by atoms with Crippen molar-refractivity contribution in [3.63, 3.8) is 0 Å². The number of carbonyl (C=O) groups excluding carboxylic acids is 2. The number of Topliss-reactive ketones (excluding diaryl/α,β-unsaturated/α-hetero) is 1. The Balaban J connectivity index is 1.68. The highest BCUT2D eigenvalue weighted by molar-refractivity contribution is 6.04. The first-order valence-corrected chi connectivity index (χ1v) is 10.2. The number of aromatic nitrogens is 2.